The fraction of sp³-hybridized carbons (Fsp3) is 0.500. The summed E-state index contributed by atoms with van der Waals surface area (Å²) >= 11 is 7.96. The Morgan fingerprint density at radius 1 is 1.29 bits per heavy atom. The molecule has 0 aliphatic carbocycles. The van der Waals surface area contributed by atoms with Gasteiger partial charge in [0.15, 0.2) is 5.65 Å². The lowest BCUT2D eigenvalue weighted by molar-refractivity contribution is 0.604. The molecule has 1 aliphatic rings. The number of hydrogen-bond donors (Lipinski definition) is 0. The van der Waals surface area contributed by atoms with Crippen LogP contribution >= 0.6 is 23.4 Å². The lowest BCUT2D eigenvalue weighted by Gasteiger charge is -2.22. The molecule has 0 atom stereocenters. The van der Waals surface area contributed by atoms with Crippen molar-refractivity contribution in [2.45, 2.75) is 30.7 Å². The van der Waals surface area contributed by atoms with Crippen molar-refractivity contribution < 1.29 is 4.21 Å². The summed E-state index contributed by atoms with van der Waals surface area (Å²) in [6.07, 6.45) is 3.81. The van der Waals surface area contributed by atoms with E-state index in [1.807, 2.05) is 13.2 Å². The van der Waals surface area contributed by atoms with Gasteiger partial charge in [0.1, 0.15) is 16.0 Å². The number of halogens is 1. The highest BCUT2D eigenvalue weighted by Crippen LogP contribution is 2.35. The Morgan fingerprint density at radius 3 is 2.67 bits per heavy atom. The molecular formula is C14H16ClN3OS2. The van der Waals surface area contributed by atoms with Crippen LogP contribution in [0.2, 0.25) is 5.15 Å². The molecule has 0 aromatic carbocycles. The summed E-state index contributed by atoms with van der Waals surface area (Å²) in [5, 5.41) is 2.41. The van der Waals surface area contributed by atoms with Crippen molar-refractivity contribution in [1.82, 2.24) is 15.0 Å². The van der Waals surface area contributed by atoms with Crippen LogP contribution in [0.4, 0.5) is 0 Å². The highest BCUT2D eigenvalue weighted by molar-refractivity contribution is 7.98. The molecule has 0 amide bonds. The molecule has 0 radical (unpaired) electrons. The van der Waals surface area contributed by atoms with E-state index in [4.69, 9.17) is 11.6 Å². The molecule has 3 rings (SSSR count). The van der Waals surface area contributed by atoms with Crippen LogP contribution < -0.4 is 0 Å². The van der Waals surface area contributed by atoms with Gasteiger partial charge in [-0.1, -0.05) is 11.6 Å². The van der Waals surface area contributed by atoms with E-state index in [0.29, 0.717) is 22.5 Å². The van der Waals surface area contributed by atoms with Crippen LogP contribution in [-0.4, -0.2) is 36.9 Å². The third kappa shape index (κ3) is 3.07. The lowest BCUT2D eigenvalue weighted by atomic mass is 9.94. The number of aromatic nitrogens is 3. The molecule has 3 heterocycles. The summed E-state index contributed by atoms with van der Waals surface area (Å²) in [4.78, 5) is 13.3. The summed E-state index contributed by atoms with van der Waals surface area (Å²) in [7, 11) is -0.670. The van der Waals surface area contributed by atoms with Crippen LogP contribution in [0.3, 0.4) is 0 Å². The van der Waals surface area contributed by atoms with Gasteiger partial charge in [0.2, 0.25) is 0 Å². The molecule has 21 heavy (non-hydrogen) atoms. The van der Waals surface area contributed by atoms with Crippen molar-refractivity contribution in [3.8, 4) is 0 Å². The van der Waals surface area contributed by atoms with Crippen LogP contribution in [0.1, 0.15) is 30.1 Å². The van der Waals surface area contributed by atoms with Gasteiger partial charge in [-0.05, 0) is 43.6 Å². The second kappa shape index (κ2) is 6.18. The fourth-order valence-electron chi connectivity index (χ4n) is 2.67. The minimum Gasteiger partial charge on any atom is -0.260 e. The topological polar surface area (TPSA) is 55.7 Å². The number of nitrogens with zero attached hydrogens (tertiary/aromatic N) is 3. The highest BCUT2D eigenvalue weighted by Gasteiger charge is 2.23. The summed E-state index contributed by atoms with van der Waals surface area (Å²) < 4.78 is 11.5. The molecule has 0 bridgehead atoms. The van der Waals surface area contributed by atoms with Crippen LogP contribution in [0.25, 0.3) is 11.0 Å². The van der Waals surface area contributed by atoms with Gasteiger partial charge in [0.05, 0.1) is 5.39 Å². The van der Waals surface area contributed by atoms with E-state index < -0.39 is 10.8 Å². The van der Waals surface area contributed by atoms with E-state index in [1.54, 1.807) is 11.8 Å². The molecule has 1 aliphatic heterocycles. The van der Waals surface area contributed by atoms with Gasteiger partial charge in [-0.2, -0.15) is 0 Å². The molecule has 1 fully saturated rings. The molecule has 0 unspecified atom stereocenters. The predicted molar refractivity (Wildman–Crippen MR) is 88.7 cm³/mol. The Labute approximate surface area is 135 Å². The molecule has 4 nitrogen and oxygen atoms in total. The second-order valence-electron chi connectivity index (χ2n) is 5.14. The third-order valence-electron chi connectivity index (χ3n) is 3.77. The first-order valence-corrected chi connectivity index (χ1v) is 9.91. The molecule has 2 aromatic rings. The van der Waals surface area contributed by atoms with E-state index in [1.165, 1.54) is 0 Å². The first-order chi connectivity index (χ1) is 10.1. The largest absolute Gasteiger partial charge is 0.260 e. The number of thioether (sulfide) groups is 1. The van der Waals surface area contributed by atoms with Gasteiger partial charge >= 0.3 is 0 Å². The first kappa shape index (κ1) is 15.2. The average molecular weight is 342 g/mol. The molecule has 1 saturated heterocycles. The zero-order chi connectivity index (χ0) is 15.0. The van der Waals surface area contributed by atoms with E-state index in [9.17, 15) is 4.21 Å². The molecule has 112 valence electrons. The zero-order valence-electron chi connectivity index (χ0n) is 11.9. The van der Waals surface area contributed by atoms with E-state index in [-0.39, 0.29) is 0 Å². The van der Waals surface area contributed by atoms with Crippen molar-refractivity contribution in [1.29, 1.82) is 0 Å². The monoisotopic (exact) mass is 341 g/mol. The summed E-state index contributed by atoms with van der Waals surface area (Å²) in [5.41, 5.74) is 1.70. The maximum atomic E-state index is 11.5. The van der Waals surface area contributed by atoms with Crippen LogP contribution in [-0.2, 0) is 10.8 Å². The molecule has 0 saturated carbocycles. The first-order valence-electron chi connectivity index (χ1n) is 6.82. The van der Waals surface area contributed by atoms with Crippen LogP contribution in [0, 0.1) is 6.92 Å². The Kier molecular flexibility index (Phi) is 4.47. The number of hydrogen-bond acceptors (Lipinski definition) is 5. The van der Waals surface area contributed by atoms with Gasteiger partial charge in [-0.25, -0.2) is 15.0 Å². The van der Waals surface area contributed by atoms with Crippen LogP contribution in [0.15, 0.2) is 11.1 Å². The van der Waals surface area contributed by atoms with Gasteiger partial charge < -0.3 is 0 Å². The molecular weight excluding hydrogens is 326 g/mol. The van der Waals surface area contributed by atoms with Gasteiger partial charge in [0, 0.05) is 22.3 Å². The lowest BCUT2D eigenvalue weighted by Crippen LogP contribution is -2.17. The smallest absolute Gasteiger partial charge is 0.165 e. The Hall–Kier alpha value is -0.720. The van der Waals surface area contributed by atoms with Crippen LogP contribution in [0.5, 0.6) is 0 Å². The average Bonchev–Trinajstić information content (AvgIpc) is 2.46. The maximum absolute atomic E-state index is 11.5. The normalized spacial score (nSPS) is 22.6. The number of rotatable bonds is 2. The number of fused-ring (bicyclic) bond motifs is 1. The minimum atomic E-state index is -0.670. The third-order valence-corrected chi connectivity index (χ3v) is 6.15. The van der Waals surface area contributed by atoms with Crippen molar-refractivity contribution in [2.24, 2.45) is 0 Å². The van der Waals surface area contributed by atoms with Crippen molar-refractivity contribution in [3.05, 3.63) is 22.6 Å². The van der Waals surface area contributed by atoms with E-state index in [2.05, 4.69) is 21.0 Å². The summed E-state index contributed by atoms with van der Waals surface area (Å²) in [5.74, 6) is 2.54. The quantitative estimate of drug-likeness (QED) is 0.476. The van der Waals surface area contributed by atoms with E-state index in [0.717, 1.165) is 40.3 Å². The van der Waals surface area contributed by atoms with Crippen molar-refractivity contribution in [3.63, 3.8) is 0 Å². The second-order valence-corrected chi connectivity index (χ2v) is 7.99. The Morgan fingerprint density at radius 2 is 2.00 bits per heavy atom. The Bertz CT molecular complexity index is 713. The van der Waals surface area contributed by atoms with Crippen molar-refractivity contribution in [2.75, 3.05) is 17.8 Å². The highest BCUT2D eigenvalue weighted by atomic mass is 35.5. The molecule has 0 spiro atoms. The van der Waals surface area contributed by atoms with Gasteiger partial charge in [-0.3, -0.25) is 4.21 Å². The van der Waals surface area contributed by atoms with Gasteiger partial charge in [0.25, 0.3) is 0 Å². The maximum Gasteiger partial charge on any atom is 0.165 e. The molecule has 2 aromatic heterocycles. The van der Waals surface area contributed by atoms with E-state index >= 15 is 0 Å². The van der Waals surface area contributed by atoms with Crippen molar-refractivity contribution >= 4 is 45.2 Å². The minimum absolute atomic E-state index is 0.336. The number of pyridine rings is 1. The SMILES string of the molecule is CSc1nc(C)nc2nc(Cl)c(C3CCS(=O)CC3)cc12. The fourth-order valence-corrected chi connectivity index (χ4v) is 4.85. The van der Waals surface area contributed by atoms with Gasteiger partial charge in [-0.15, -0.1) is 11.8 Å². The zero-order valence-corrected chi connectivity index (χ0v) is 14.3. The summed E-state index contributed by atoms with van der Waals surface area (Å²) in [6.45, 7) is 1.86. The predicted octanol–water partition coefficient (Wildman–Crippen LogP) is 3.33. The summed E-state index contributed by atoms with van der Waals surface area (Å²) in [6, 6.07) is 2.08. The molecule has 7 heteroatoms. The standard InChI is InChI=1S/C14H16ClN3OS2/c1-8-16-13-11(14(17-8)20-2)7-10(12(15)18-13)9-3-5-21(19)6-4-9/h7,9H,3-6H2,1-2H3. The Balaban J connectivity index is 2.09. The molecule has 0 N–H and O–H groups in total. The number of aryl methyl sites for hydroxylation is 1.